The van der Waals surface area contributed by atoms with E-state index in [1.807, 2.05) is 0 Å². The summed E-state index contributed by atoms with van der Waals surface area (Å²) in [6.45, 7) is 0.939. The molecule has 1 aliphatic rings. The van der Waals surface area contributed by atoms with Crippen LogP contribution in [-0.2, 0) is 6.42 Å². The Morgan fingerprint density at radius 3 is 3.00 bits per heavy atom. The second kappa shape index (κ2) is 4.61. The van der Waals surface area contributed by atoms with E-state index >= 15 is 0 Å². The molecule has 0 saturated carbocycles. The molecule has 3 rings (SSSR count). The summed E-state index contributed by atoms with van der Waals surface area (Å²) in [5.41, 5.74) is 2.83. The fourth-order valence-corrected chi connectivity index (χ4v) is 2.57. The Kier molecular flexibility index (Phi) is 2.96. The van der Waals surface area contributed by atoms with Gasteiger partial charge in [-0.05, 0) is 37.5 Å². The van der Waals surface area contributed by atoms with Gasteiger partial charge in [0.1, 0.15) is 5.82 Å². The number of halogens is 2. The highest BCUT2D eigenvalue weighted by Crippen LogP contribution is 2.34. The van der Waals surface area contributed by atoms with Crippen molar-refractivity contribution in [1.29, 1.82) is 0 Å². The Morgan fingerprint density at radius 2 is 2.17 bits per heavy atom. The number of nitrogens with one attached hydrogen (secondary N) is 2. The van der Waals surface area contributed by atoms with Crippen molar-refractivity contribution in [3.63, 3.8) is 0 Å². The number of rotatable bonds is 1. The number of anilines is 1. The van der Waals surface area contributed by atoms with Crippen LogP contribution in [0.25, 0.3) is 11.3 Å². The first-order valence-corrected chi connectivity index (χ1v) is 6.40. The number of aromatic nitrogens is 2. The molecule has 5 heteroatoms. The second-order valence-electron chi connectivity index (χ2n) is 4.43. The Balaban J connectivity index is 2.09. The number of nitrogens with zero attached hydrogens (tertiary/aromatic N) is 1. The summed E-state index contributed by atoms with van der Waals surface area (Å²) in [7, 11) is 0. The van der Waals surface area contributed by atoms with Crippen molar-refractivity contribution >= 4 is 17.4 Å². The lowest BCUT2D eigenvalue weighted by Crippen LogP contribution is -1.99. The highest BCUT2D eigenvalue weighted by atomic mass is 35.5. The number of H-pyrrole nitrogens is 1. The van der Waals surface area contributed by atoms with Crippen molar-refractivity contribution < 1.29 is 4.39 Å². The van der Waals surface area contributed by atoms with Crippen molar-refractivity contribution in [2.24, 2.45) is 0 Å². The van der Waals surface area contributed by atoms with Gasteiger partial charge in [-0.3, -0.25) is 5.10 Å². The molecule has 0 aliphatic carbocycles. The van der Waals surface area contributed by atoms with Gasteiger partial charge in [0.25, 0.3) is 0 Å². The average molecular weight is 266 g/mol. The minimum atomic E-state index is -0.326. The van der Waals surface area contributed by atoms with E-state index in [-0.39, 0.29) is 5.82 Å². The summed E-state index contributed by atoms with van der Waals surface area (Å²) < 4.78 is 13.1. The van der Waals surface area contributed by atoms with Crippen LogP contribution in [0.3, 0.4) is 0 Å². The predicted octanol–water partition coefficient (Wildman–Crippen LogP) is 3.62. The molecule has 0 amide bonds. The van der Waals surface area contributed by atoms with Crippen molar-refractivity contribution in [2.45, 2.75) is 19.3 Å². The van der Waals surface area contributed by atoms with Gasteiger partial charge >= 0.3 is 0 Å². The Morgan fingerprint density at radius 1 is 1.28 bits per heavy atom. The average Bonchev–Trinajstić information content (AvgIpc) is 2.59. The zero-order valence-electron chi connectivity index (χ0n) is 9.76. The van der Waals surface area contributed by atoms with Gasteiger partial charge < -0.3 is 5.32 Å². The molecule has 2 heterocycles. The first kappa shape index (κ1) is 11.5. The monoisotopic (exact) mass is 265 g/mol. The van der Waals surface area contributed by atoms with E-state index in [0.717, 1.165) is 48.4 Å². The molecule has 18 heavy (non-hydrogen) atoms. The van der Waals surface area contributed by atoms with Crippen LogP contribution < -0.4 is 5.32 Å². The topological polar surface area (TPSA) is 40.7 Å². The first-order valence-electron chi connectivity index (χ1n) is 6.02. The van der Waals surface area contributed by atoms with E-state index in [0.29, 0.717) is 5.02 Å². The van der Waals surface area contributed by atoms with Crippen LogP contribution in [0.15, 0.2) is 18.2 Å². The maximum Gasteiger partial charge on any atom is 0.151 e. The van der Waals surface area contributed by atoms with E-state index in [9.17, 15) is 4.39 Å². The Labute approximate surface area is 109 Å². The van der Waals surface area contributed by atoms with Crippen molar-refractivity contribution in [3.05, 3.63) is 34.6 Å². The van der Waals surface area contributed by atoms with Gasteiger partial charge in [-0.1, -0.05) is 11.6 Å². The maximum atomic E-state index is 13.1. The number of aromatic amines is 1. The normalized spacial score (nSPS) is 14.8. The molecular formula is C13H13ClFN3. The van der Waals surface area contributed by atoms with Crippen LogP contribution in [-0.4, -0.2) is 16.7 Å². The lowest BCUT2D eigenvalue weighted by atomic mass is 10.0. The summed E-state index contributed by atoms with van der Waals surface area (Å²) in [5.74, 6) is 0.565. The van der Waals surface area contributed by atoms with Crippen LogP contribution in [0.5, 0.6) is 0 Å². The predicted molar refractivity (Wildman–Crippen MR) is 70.4 cm³/mol. The zero-order chi connectivity index (χ0) is 12.5. The van der Waals surface area contributed by atoms with Gasteiger partial charge in [0.05, 0.1) is 10.7 Å². The van der Waals surface area contributed by atoms with E-state index < -0.39 is 0 Å². The molecule has 0 unspecified atom stereocenters. The Bertz CT molecular complexity index is 580. The number of fused-ring (bicyclic) bond motifs is 1. The van der Waals surface area contributed by atoms with E-state index in [4.69, 9.17) is 11.6 Å². The van der Waals surface area contributed by atoms with Crippen LogP contribution in [0, 0.1) is 5.82 Å². The van der Waals surface area contributed by atoms with Gasteiger partial charge in [-0.15, -0.1) is 0 Å². The number of hydrogen-bond acceptors (Lipinski definition) is 2. The number of benzene rings is 1. The van der Waals surface area contributed by atoms with E-state index in [1.165, 1.54) is 12.1 Å². The highest BCUT2D eigenvalue weighted by molar-refractivity contribution is 6.33. The third kappa shape index (κ3) is 1.97. The third-order valence-corrected chi connectivity index (χ3v) is 3.53. The quantitative estimate of drug-likeness (QED) is 0.827. The van der Waals surface area contributed by atoms with Crippen molar-refractivity contribution in [1.82, 2.24) is 10.2 Å². The van der Waals surface area contributed by atoms with Crippen molar-refractivity contribution in [2.75, 3.05) is 11.9 Å². The van der Waals surface area contributed by atoms with Crippen molar-refractivity contribution in [3.8, 4) is 11.3 Å². The molecule has 0 bridgehead atoms. The SMILES string of the molecule is Fc1ccc(-c2[nH]nc3c2CCCCN3)c(Cl)c1. The van der Waals surface area contributed by atoms with Crippen LogP contribution in [0.4, 0.5) is 10.2 Å². The zero-order valence-corrected chi connectivity index (χ0v) is 10.5. The van der Waals surface area contributed by atoms with Crippen LogP contribution in [0.2, 0.25) is 5.02 Å². The molecule has 2 aromatic rings. The fourth-order valence-electron chi connectivity index (χ4n) is 2.30. The minimum absolute atomic E-state index is 0.326. The van der Waals surface area contributed by atoms with E-state index in [1.54, 1.807) is 6.07 Å². The number of hydrogen-bond donors (Lipinski definition) is 2. The summed E-state index contributed by atoms with van der Waals surface area (Å²) in [6.07, 6.45) is 3.21. The molecule has 0 spiro atoms. The molecule has 0 fully saturated rings. The summed E-state index contributed by atoms with van der Waals surface area (Å²) in [4.78, 5) is 0. The van der Waals surface area contributed by atoms with Crippen LogP contribution >= 0.6 is 11.6 Å². The molecule has 0 atom stereocenters. The molecule has 2 N–H and O–H groups in total. The molecule has 0 saturated heterocycles. The third-order valence-electron chi connectivity index (χ3n) is 3.21. The summed E-state index contributed by atoms with van der Waals surface area (Å²) in [6, 6.07) is 4.43. The standard InChI is InChI=1S/C13H13ClFN3/c14-11-7-8(15)4-5-9(11)12-10-3-1-2-6-16-13(10)18-17-12/h4-5,7H,1-3,6H2,(H2,16,17,18). The summed E-state index contributed by atoms with van der Waals surface area (Å²) >= 11 is 6.10. The first-order chi connectivity index (χ1) is 8.75. The molecular weight excluding hydrogens is 253 g/mol. The van der Waals surface area contributed by atoms with E-state index in [2.05, 4.69) is 15.5 Å². The highest BCUT2D eigenvalue weighted by Gasteiger charge is 2.18. The maximum absolute atomic E-state index is 13.1. The lowest BCUT2D eigenvalue weighted by molar-refractivity contribution is 0.628. The summed E-state index contributed by atoms with van der Waals surface area (Å²) in [5, 5.41) is 11.0. The smallest absolute Gasteiger partial charge is 0.151 e. The molecule has 1 aliphatic heterocycles. The fraction of sp³-hybridized carbons (Fsp3) is 0.308. The largest absolute Gasteiger partial charge is 0.368 e. The lowest BCUT2D eigenvalue weighted by Gasteiger charge is -2.05. The van der Waals surface area contributed by atoms with Crippen LogP contribution in [0.1, 0.15) is 18.4 Å². The second-order valence-corrected chi connectivity index (χ2v) is 4.84. The molecule has 1 aromatic heterocycles. The van der Waals surface area contributed by atoms with Gasteiger partial charge in [-0.25, -0.2) is 4.39 Å². The molecule has 1 aromatic carbocycles. The molecule has 94 valence electrons. The van der Waals surface area contributed by atoms with Gasteiger partial charge in [-0.2, -0.15) is 5.10 Å². The molecule has 3 nitrogen and oxygen atoms in total. The van der Waals surface area contributed by atoms with Gasteiger partial charge in [0.2, 0.25) is 0 Å². The Hall–Kier alpha value is -1.55. The minimum Gasteiger partial charge on any atom is -0.368 e. The molecule has 0 radical (unpaired) electrons. The van der Waals surface area contributed by atoms with Gasteiger partial charge in [0.15, 0.2) is 5.82 Å². The van der Waals surface area contributed by atoms with Gasteiger partial charge in [0, 0.05) is 17.7 Å².